The van der Waals surface area contributed by atoms with Gasteiger partial charge in [-0.3, -0.25) is 19.8 Å². The number of esters is 1. The van der Waals surface area contributed by atoms with E-state index in [1.807, 2.05) is 61.7 Å². The third-order valence-electron chi connectivity index (χ3n) is 6.10. The van der Waals surface area contributed by atoms with Crippen molar-refractivity contribution < 1.29 is 19.1 Å². The molecular weight excluding hydrogens is 474 g/mol. The summed E-state index contributed by atoms with van der Waals surface area (Å²) < 4.78 is 7.09. The second kappa shape index (κ2) is 10.3. The van der Waals surface area contributed by atoms with E-state index in [4.69, 9.17) is 17.0 Å². The number of thiocarbonyl (C=S) groups is 1. The van der Waals surface area contributed by atoms with E-state index >= 15 is 0 Å². The highest BCUT2D eigenvalue weighted by Crippen LogP contribution is 2.28. The second-order valence-electron chi connectivity index (χ2n) is 8.37. The lowest BCUT2D eigenvalue weighted by atomic mass is 10.0. The largest absolute Gasteiger partial charge is 0.462 e. The SMILES string of the molecule is CCOC(=O)c1cccc(-n2c(C)cc(/C=C3\C(=O)NC(=S)N(c4ccccc4CC)C3=O)c2C)c1. The van der Waals surface area contributed by atoms with Crippen LogP contribution in [0.25, 0.3) is 11.8 Å². The minimum atomic E-state index is -0.538. The summed E-state index contributed by atoms with van der Waals surface area (Å²) >= 11 is 5.36. The first-order valence-electron chi connectivity index (χ1n) is 11.7. The molecule has 7 nitrogen and oxygen atoms in total. The average Bonchev–Trinajstić information content (AvgIpc) is 3.14. The Morgan fingerprint density at radius 1 is 1.06 bits per heavy atom. The van der Waals surface area contributed by atoms with E-state index in [1.165, 1.54) is 4.90 Å². The number of ether oxygens (including phenoxy) is 1. The van der Waals surface area contributed by atoms with Gasteiger partial charge < -0.3 is 9.30 Å². The van der Waals surface area contributed by atoms with Gasteiger partial charge in [0.15, 0.2) is 5.11 Å². The molecule has 8 heteroatoms. The molecule has 1 aliphatic heterocycles. The molecule has 2 amide bonds. The van der Waals surface area contributed by atoms with Gasteiger partial charge in [0.2, 0.25) is 0 Å². The number of hydrogen-bond acceptors (Lipinski definition) is 5. The molecule has 1 N–H and O–H groups in total. The van der Waals surface area contributed by atoms with E-state index in [9.17, 15) is 14.4 Å². The lowest BCUT2D eigenvalue weighted by molar-refractivity contribution is -0.122. The summed E-state index contributed by atoms with van der Waals surface area (Å²) in [4.78, 5) is 40.0. The molecule has 0 aliphatic carbocycles. The molecule has 0 radical (unpaired) electrons. The molecule has 0 bridgehead atoms. The fourth-order valence-electron chi connectivity index (χ4n) is 4.38. The normalized spacial score (nSPS) is 14.8. The molecule has 0 unspecified atom stereocenters. The summed E-state index contributed by atoms with van der Waals surface area (Å²) in [5.74, 6) is -1.40. The molecule has 1 fully saturated rings. The number of amides is 2. The molecule has 1 aliphatic rings. The Hall–Kier alpha value is -4.04. The van der Waals surface area contributed by atoms with Crippen LogP contribution in [-0.2, 0) is 20.7 Å². The first-order chi connectivity index (χ1) is 17.3. The molecule has 1 aromatic heterocycles. The maximum atomic E-state index is 13.5. The first kappa shape index (κ1) is 25.1. The van der Waals surface area contributed by atoms with Crippen LogP contribution in [0.2, 0.25) is 0 Å². The number of hydrogen-bond donors (Lipinski definition) is 1. The van der Waals surface area contributed by atoms with Crippen LogP contribution < -0.4 is 10.2 Å². The molecular formula is C28H27N3O4S. The zero-order valence-electron chi connectivity index (χ0n) is 20.6. The highest BCUT2D eigenvalue weighted by Gasteiger charge is 2.35. The van der Waals surface area contributed by atoms with Crippen LogP contribution in [0.1, 0.15) is 46.7 Å². The Bertz CT molecular complexity index is 1420. The van der Waals surface area contributed by atoms with Crippen LogP contribution in [0, 0.1) is 13.8 Å². The molecule has 2 heterocycles. The molecule has 0 spiro atoms. The van der Waals surface area contributed by atoms with Crippen LogP contribution in [0.15, 0.2) is 60.2 Å². The van der Waals surface area contributed by atoms with Gasteiger partial charge in [-0.15, -0.1) is 0 Å². The maximum absolute atomic E-state index is 13.5. The van der Waals surface area contributed by atoms with Crippen LogP contribution >= 0.6 is 12.2 Å². The number of benzene rings is 2. The van der Waals surface area contributed by atoms with Crippen molar-refractivity contribution in [2.45, 2.75) is 34.1 Å². The number of para-hydroxylation sites is 1. The van der Waals surface area contributed by atoms with E-state index < -0.39 is 17.8 Å². The van der Waals surface area contributed by atoms with Crippen molar-refractivity contribution in [1.82, 2.24) is 9.88 Å². The Balaban J connectivity index is 1.75. The first-order valence-corrected chi connectivity index (χ1v) is 12.1. The number of carbonyl (C=O) groups excluding carboxylic acids is 3. The number of nitrogens with one attached hydrogen (secondary N) is 1. The van der Waals surface area contributed by atoms with Gasteiger partial charge in [0.25, 0.3) is 11.8 Å². The van der Waals surface area contributed by atoms with Crippen molar-refractivity contribution in [3.8, 4) is 5.69 Å². The molecule has 0 atom stereocenters. The van der Waals surface area contributed by atoms with Crippen LogP contribution in [0.3, 0.4) is 0 Å². The maximum Gasteiger partial charge on any atom is 0.338 e. The number of aryl methyl sites for hydroxylation is 2. The Morgan fingerprint density at radius 2 is 1.81 bits per heavy atom. The predicted octanol–water partition coefficient (Wildman–Crippen LogP) is 4.66. The smallest absolute Gasteiger partial charge is 0.338 e. The Morgan fingerprint density at radius 3 is 2.53 bits per heavy atom. The lowest BCUT2D eigenvalue weighted by Crippen LogP contribution is -2.54. The topological polar surface area (TPSA) is 80.6 Å². The van der Waals surface area contributed by atoms with Gasteiger partial charge in [0, 0.05) is 17.1 Å². The summed E-state index contributed by atoms with van der Waals surface area (Å²) in [5, 5.41) is 2.72. The summed E-state index contributed by atoms with van der Waals surface area (Å²) in [7, 11) is 0. The zero-order chi connectivity index (χ0) is 26.0. The standard InChI is InChI=1S/C28H27N3O4S/c1-5-19-10-7-8-13-24(19)31-26(33)23(25(32)29-28(31)36)16-21-14-17(3)30(18(21)4)22-12-9-11-20(15-22)27(34)35-6-2/h7-16H,5-6H2,1-4H3,(H,29,32,36)/b23-16+. The van der Waals surface area contributed by atoms with E-state index in [-0.39, 0.29) is 10.7 Å². The molecule has 1 saturated heterocycles. The molecule has 36 heavy (non-hydrogen) atoms. The molecule has 0 saturated carbocycles. The van der Waals surface area contributed by atoms with E-state index in [1.54, 1.807) is 31.2 Å². The van der Waals surface area contributed by atoms with Gasteiger partial charge in [0.05, 0.1) is 17.9 Å². The minimum Gasteiger partial charge on any atom is -0.462 e. The number of nitrogens with zero attached hydrogens (tertiary/aromatic N) is 2. The van der Waals surface area contributed by atoms with Crippen molar-refractivity contribution in [2.24, 2.45) is 0 Å². The average molecular weight is 502 g/mol. The zero-order valence-corrected chi connectivity index (χ0v) is 21.4. The van der Waals surface area contributed by atoms with Gasteiger partial charge in [-0.2, -0.15) is 0 Å². The van der Waals surface area contributed by atoms with E-state index in [0.29, 0.717) is 29.8 Å². The van der Waals surface area contributed by atoms with E-state index in [0.717, 1.165) is 22.6 Å². The molecule has 184 valence electrons. The third kappa shape index (κ3) is 4.59. The van der Waals surface area contributed by atoms with Gasteiger partial charge in [-0.25, -0.2) is 4.79 Å². The number of carbonyl (C=O) groups is 3. The number of rotatable bonds is 6. The third-order valence-corrected chi connectivity index (χ3v) is 6.39. The highest BCUT2D eigenvalue weighted by molar-refractivity contribution is 7.80. The van der Waals surface area contributed by atoms with Gasteiger partial charge >= 0.3 is 5.97 Å². The van der Waals surface area contributed by atoms with Crippen molar-refractivity contribution in [1.29, 1.82) is 0 Å². The van der Waals surface area contributed by atoms with Crippen LogP contribution in [-0.4, -0.2) is 34.1 Å². The van der Waals surface area contributed by atoms with Crippen molar-refractivity contribution in [2.75, 3.05) is 11.5 Å². The van der Waals surface area contributed by atoms with E-state index in [2.05, 4.69) is 5.32 Å². The quantitative estimate of drug-likeness (QED) is 0.230. The van der Waals surface area contributed by atoms with Crippen LogP contribution in [0.4, 0.5) is 5.69 Å². The minimum absolute atomic E-state index is 0.00460. The second-order valence-corrected chi connectivity index (χ2v) is 8.76. The van der Waals surface area contributed by atoms with Crippen molar-refractivity contribution in [3.05, 3.63) is 88.2 Å². The number of aromatic nitrogens is 1. The van der Waals surface area contributed by atoms with Crippen LogP contribution in [0.5, 0.6) is 0 Å². The summed E-state index contributed by atoms with van der Waals surface area (Å²) in [6.07, 6.45) is 2.30. The van der Waals surface area contributed by atoms with Gasteiger partial charge in [0.1, 0.15) is 5.57 Å². The van der Waals surface area contributed by atoms with Crippen molar-refractivity contribution >= 4 is 46.9 Å². The summed E-state index contributed by atoms with van der Waals surface area (Å²) in [6.45, 7) is 7.88. The highest BCUT2D eigenvalue weighted by atomic mass is 32.1. The molecule has 4 rings (SSSR count). The summed E-state index contributed by atoms with van der Waals surface area (Å²) in [6, 6.07) is 16.5. The van der Waals surface area contributed by atoms with Crippen molar-refractivity contribution in [3.63, 3.8) is 0 Å². The predicted molar refractivity (Wildman–Crippen MR) is 143 cm³/mol. The van der Waals surface area contributed by atoms with Gasteiger partial charge in [-0.05, 0) is 86.9 Å². The lowest BCUT2D eigenvalue weighted by Gasteiger charge is -2.30. The molecule has 2 aromatic carbocycles. The summed E-state index contributed by atoms with van der Waals surface area (Å²) in [5.41, 5.74) is 5.23. The number of anilines is 1. The fraction of sp³-hybridized carbons (Fsp3) is 0.214. The Labute approximate surface area is 215 Å². The Kier molecular flexibility index (Phi) is 7.17. The fourth-order valence-corrected chi connectivity index (χ4v) is 4.65. The molecule has 3 aromatic rings. The van der Waals surface area contributed by atoms with Gasteiger partial charge in [-0.1, -0.05) is 31.2 Å². The monoisotopic (exact) mass is 501 g/mol.